The second-order valence-corrected chi connectivity index (χ2v) is 5.07. The van der Waals surface area contributed by atoms with E-state index >= 15 is 0 Å². The summed E-state index contributed by atoms with van der Waals surface area (Å²) >= 11 is 3.15. The average Bonchev–Trinajstić information content (AvgIpc) is 2.36. The molecule has 0 aliphatic heterocycles. The Kier molecular flexibility index (Phi) is 4.34. The van der Waals surface area contributed by atoms with E-state index in [2.05, 4.69) is 21.2 Å². The van der Waals surface area contributed by atoms with Gasteiger partial charge in [0.2, 0.25) is 0 Å². The average molecular weight is 341 g/mol. The molecule has 0 saturated heterocycles. The van der Waals surface area contributed by atoms with Gasteiger partial charge in [0.1, 0.15) is 11.6 Å². The molecule has 2 aromatic carbocycles. The predicted octanol–water partition coefficient (Wildman–Crippen LogP) is 3.44. The van der Waals surface area contributed by atoms with E-state index in [-0.39, 0.29) is 17.1 Å². The number of hydrogen-bond donors (Lipinski definition) is 2. The van der Waals surface area contributed by atoms with Crippen molar-refractivity contribution < 1.29 is 13.6 Å². The second kappa shape index (κ2) is 6.00. The fourth-order valence-corrected chi connectivity index (χ4v) is 2.19. The molecule has 2 rings (SSSR count). The first-order valence-electron chi connectivity index (χ1n) is 5.74. The van der Waals surface area contributed by atoms with Crippen LogP contribution in [0.1, 0.15) is 15.9 Å². The van der Waals surface area contributed by atoms with Gasteiger partial charge in [0.15, 0.2) is 0 Å². The summed E-state index contributed by atoms with van der Waals surface area (Å²) in [4.78, 5) is 11.3. The standard InChI is InChI=1S/C14H11BrF2N2O/c15-9-5-11(17)13(14(18)20)12(6-9)19-7-8-1-3-10(16)4-2-8/h1-6,19H,7H2,(H2,18,20). The smallest absolute Gasteiger partial charge is 0.253 e. The predicted molar refractivity (Wildman–Crippen MR) is 76.3 cm³/mol. The van der Waals surface area contributed by atoms with E-state index in [0.717, 1.165) is 5.56 Å². The zero-order valence-electron chi connectivity index (χ0n) is 10.3. The van der Waals surface area contributed by atoms with E-state index in [9.17, 15) is 13.6 Å². The Hall–Kier alpha value is -1.95. The molecule has 0 aliphatic rings. The van der Waals surface area contributed by atoms with Gasteiger partial charge in [0, 0.05) is 11.0 Å². The number of carbonyl (C=O) groups is 1. The largest absolute Gasteiger partial charge is 0.380 e. The maximum atomic E-state index is 13.7. The summed E-state index contributed by atoms with van der Waals surface area (Å²) in [7, 11) is 0. The van der Waals surface area contributed by atoms with Gasteiger partial charge < -0.3 is 11.1 Å². The molecule has 0 fully saturated rings. The van der Waals surface area contributed by atoms with Crippen LogP contribution >= 0.6 is 15.9 Å². The van der Waals surface area contributed by atoms with Crippen molar-refractivity contribution >= 4 is 27.5 Å². The summed E-state index contributed by atoms with van der Waals surface area (Å²) in [6.07, 6.45) is 0. The number of nitrogens with two attached hydrogens (primary N) is 1. The number of halogens is 3. The van der Waals surface area contributed by atoms with Crippen LogP contribution in [0.3, 0.4) is 0 Å². The van der Waals surface area contributed by atoms with Gasteiger partial charge in [-0.1, -0.05) is 28.1 Å². The Morgan fingerprint density at radius 2 is 1.85 bits per heavy atom. The van der Waals surface area contributed by atoms with Crippen molar-refractivity contribution in [1.29, 1.82) is 0 Å². The lowest BCUT2D eigenvalue weighted by atomic mass is 10.1. The van der Waals surface area contributed by atoms with Crippen LogP contribution in [0.4, 0.5) is 14.5 Å². The number of benzene rings is 2. The molecular formula is C14H11BrF2N2O. The van der Waals surface area contributed by atoms with Crippen molar-refractivity contribution in [3.05, 3.63) is 63.6 Å². The maximum Gasteiger partial charge on any atom is 0.253 e. The lowest BCUT2D eigenvalue weighted by Gasteiger charge is -2.11. The Balaban J connectivity index is 2.24. The number of primary amides is 1. The Morgan fingerprint density at radius 1 is 1.20 bits per heavy atom. The van der Waals surface area contributed by atoms with Crippen LogP contribution in [0.2, 0.25) is 0 Å². The molecule has 0 aliphatic carbocycles. The molecule has 0 radical (unpaired) electrons. The Morgan fingerprint density at radius 3 is 2.45 bits per heavy atom. The minimum Gasteiger partial charge on any atom is -0.380 e. The van der Waals surface area contributed by atoms with Crippen LogP contribution < -0.4 is 11.1 Å². The molecule has 0 heterocycles. The number of anilines is 1. The first-order valence-corrected chi connectivity index (χ1v) is 6.54. The van der Waals surface area contributed by atoms with Crippen molar-refractivity contribution in [2.45, 2.75) is 6.54 Å². The van der Waals surface area contributed by atoms with Crippen LogP contribution in [0.25, 0.3) is 0 Å². The van der Waals surface area contributed by atoms with E-state index < -0.39 is 11.7 Å². The first kappa shape index (κ1) is 14.5. The van der Waals surface area contributed by atoms with E-state index in [1.807, 2.05) is 0 Å². The third-order valence-electron chi connectivity index (χ3n) is 2.70. The van der Waals surface area contributed by atoms with Crippen LogP contribution in [0, 0.1) is 11.6 Å². The molecule has 0 unspecified atom stereocenters. The third kappa shape index (κ3) is 3.33. The molecule has 1 amide bonds. The number of amides is 1. The van der Waals surface area contributed by atoms with Gasteiger partial charge in [-0.25, -0.2) is 8.78 Å². The van der Waals surface area contributed by atoms with E-state index in [1.165, 1.54) is 18.2 Å². The number of rotatable bonds is 4. The first-order chi connectivity index (χ1) is 9.47. The summed E-state index contributed by atoms with van der Waals surface area (Å²) in [6.45, 7) is 0.316. The summed E-state index contributed by atoms with van der Waals surface area (Å²) in [5, 5.41) is 2.92. The highest BCUT2D eigenvalue weighted by atomic mass is 79.9. The fourth-order valence-electron chi connectivity index (χ4n) is 1.76. The van der Waals surface area contributed by atoms with Crippen molar-refractivity contribution in [2.75, 3.05) is 5.32 Å². The SMILES string of the molecule is NC(=O)c1c(F)cc(Br)cc1NCc1ccc(F)cc1. The van der Waals surface area contributed by atoms with Gasteiger partial charge in [0.05, 0.1) is 11.3 Å². The Labute approximate surface area is 122 Å². The molecule has 3 N–H and O–H groups in total. The zero-order chi connectivity index (χ0) is 14.7. The van der Waals surface area contributed by atoms with Gasteiger partial charge >= 0.3 is 0 Å². The highest BCUT2D eigenvalue weighted by molar-refractivity contribution is 9.10. The molecule has 0 spiro atoms. The minimum absolute atomic E-state index is 0.199. The molecule has 0 aromatic heterocycles. The van der Waals surface area contributed by atoms with Gasteiger partial charge in [-0.15, -0.1) is 0 Å². The van der Waals surface area contributed by atoms with Crippen LogP contribution in [0.15, 0.2) is 40.9 Å². The monoisotopic (exact) mass is 340 g/mol. The fraction of sp³-hybridized carbons (Fsp3) is 0.0714. The van der Waals surface area contributed by atoms with Crippen LogP contribution in [-0.2, 0) is 6.54 Å². The molecule has 0 atom stereocenters. The summed E-state index contributed by atoms with van der Waals surface area (Å²) < 4.78 is 27.0. The minimum atomic E-state index is -0.850. The molecule has 6 heteroatoms. The van der Waals surface area contributed by atoms with E-state index in [4.69, 9.17) is 5.73 Å². The van der Waals surface area contributed by atoms with Crippen molar-refractivity contribution in [1.82, 2.24) is 0 Å². The van der Waals surface area contributed by atoms with Crippen LogP contribution in [0.5, 0.6) is 0 Å². The number of nitrogens with one attached hydrogen (secondary N) is 1. The summed E-state index contributed by atoms with van der Waals surface area (Å²) in [6, 6.07) is 8.58. The molecule has 20 heavy (non-hydrogen) atoms. The normalized spacial score (nSPS) is 10.3. The molecular weight excluding hydrogens is 330 g/mol. The van der Waals surface area contributed by atoms with Gasteiger partial charge in [-0.2, -0.15) is 0 Å². The van der Waals surface area contributed by atoms with Crippen molar-refractivity contribution in [2.24, 2.45) is 5.73 Å². The second-order valence-electron chi connectivity index (χ2n) is 4.15. The van der Waals surface area contributed by atoms with E-state index in [1.54, 1.807) is 18.2 Å². The molecule has 0 bridgehead atoms. The molecule has 0 saturated carbocycles. The maximum absolute atomic E-state index is 13.7. The van der Waals surface area contributed by atoms with E-state index in [0.29, 0.717) is 11.0 Å². The van der Waals surface area contributed by atoms with Gasteiger partial charge in [0.25, 0.3) is 5.91 Å². The lowest BCUT2D eigenvalue weighted by Crippen LogP contribution is -2.16. The van der Waals surface area contributed by atoms with Gasteiger partial charge in [-0.3, -0.25) is 4.79 Å². The van der Waals surface area contributed by atoms with Crippen molar-refractivity contribution in [3.8, 4) is 0 Å². The summed E-state index contributed by atoms with van der Waals surface area (Å²) in [5.74, 6) is -1.88. The van der Waals surface area contributed by atoms with Gasteiger partial charge in [-0.05, 0) is 29.8 Å². The Bertz CT molecular complexity index is 644. The molecule has 3 nitrogen and oxygen atoms in total. The number of carbonyl (C=O) groups excluding carboxylic acids is 1. The molecule has 2 aromatic rings. The summed E-state index contributed by atoms with van der Waals surface area (Å²) in [5.41, 5.74) is 6.05. The highest BCUT2D eigenvalue weighted by Gasteiger charge is 2.15. The quantitative estimate of drug-likeness (QED) is 0.895. The zero-order valence-corrected chi connectivity index (χ0v) is 11.9. The van der Waals surface area contributed by atoms with Crippen molar-refractivity contribution in [3.63, 3.8) is 0 Å². The number of hydrogen-bond acceptors (Lipinski definition) is 2. The molecule has 104 valence electrons. The lowest BCUT2D eigenvalue weighted by molar-refractivity contribution is 0.0997. The van der Waals surface area contributed by atoms with Crippen LogP contribution in [-0.4, -0.2) is 5.91 Å². The topological polar surface area (TPSA) is 55.1 Å². The third-order valence-corrected chi connectivity index (χ3v) is 3.16. The highest BCUT2D eigenvalue weighted by Crippen LogP contribution is 2.25.